The van der Waals surface area contributed by atoms with Crippen molar-refractivity contribution in [2.24, 2.45) is 5.14 Å². The van der Waals surface area contributed by atoms with Gasteiger partial charge in [0, 0.05) is 12.6 Å². The van der Waals surface area contributed by atoms with Gasteiger partial charge in [0.05, 0.1) is 16.3 Å². The summed E-state index contributed by atoms with van der Waals surface area (Å²) in [7, 11) is 1.67. The summed E-state index contributed by atoms with van der Waals surface area (Å²) >= 11 is 2.48. The SMILES string of the molecule is Cc1nc(N(C)C(=O)Cc2ccc(-c3cc(F)ccc3F)cc2)sc1SN. The number of amides is 1. The Morgan fingerprint density at radius 1 is 1.22 bits per heavy atom. The van der Waals surface area contributed by atoms with Crippen LogP contribution in [-0.4, -0.2) is 17.9 Å². The first-order valence-corrected chi connectivity index (χ1v) is 9.73. The van der Waals surface area contributed by atoms with Gasteiger partial charge in [-0.2, -0.15) is 0 Å². The molecule has 0 aliphatic heterocycles. The van der Waals surface area contributed by atoms with E-state index >= 15 is 0 Å². The summed E-state index contributed by atoms with van der Waals surface area (Å²) in [5.41, 5.74) is 2.31. The van der Waals surface area contributed by atoms with E-state index in [9.17, 15) is 13.6 Å². The van der Waals surface area contributed by atoms with Crippen LogP contribution in [0.25, 0.3) is 11.1 Å². The number of aryl methyl sites for hydroxylation is 1. The predicted octanol–water partition coefficient (Wildman–Crippen LogP) is 4.57. The average molecular weight is 405 g/mol. The fourth-order valence-corrected chi connectivity index (χ4v) is 3.96. The molecule has 2 aromatic carbocycles. The quantitative estimate of drug-likeness (QED) is 0.632. The highest BCUT2D eigenvalue weighted by atomic mass is 32.2. The Bertz CT molecular complexity index is 974. The van der Waals surface area contributed by atoms with E-state index in [1.807, 2.05) is 6.92 Å². The third-order valence-corrected chi connectivity index (χ3v) is 6.14. The van der Waals surface area contributed by atoms with Gasteiger partial charge in [-0.05, 0) is 48.2 Å². The first-order chi connectivity index (χ1) is 12.9. The van der Waals surface area contributed by atoms with E-state index in [4.69, 9.17) is 5.14 Å². The molecule has 27 heavy (non-hydrogen) atoms. The Morgan fingerprint density at radius 2 is 1.93 bits per heavy atom. The maximum Gasteiger partial charge on any atom is 0.232 e. The molecule has 3 rings (SSSR count). The third-order valence-electron chi connectivity index (χ3n) is 4.06. The molecule has 0 bridgehead atoms. The second kappa shape index (κ2) is 8.16. The van der Waals surface area contributed by atoms with Crippen LogP contribution in [-0.2, 0) is 11.2 Å². The summed E-state index contributed by atoms with van der Waals surface area (Å²) in [6.07, 6.45) is 0.173. The van der Waals surface area contributed by atoms with E-state index in [1.165, 1.54) is 16.2 Å². The summed E-state index contributed by atoms with van der Waals surface area (Å²) in [4.78, 5) is 18.4. The van der Waals surface area contributed by atoms with Crippen LogP contribution in [0.3, 0.4) is 0 Å². The Morgan fingerprint density at radius 3 is 2.56 bits per heavy atom. The van der Waals surface area contributed by atoms with Gasteiger partial charge in [0.15, 0.2) is 5.13 Å². The standard InChI is InChI=1S/C19H17F2N3OS2/c1-11-18(27-22)26-19(23-11)24(2)17(25)9-12-3-5-13(6-4-12)15-10-14(20)7-8-16(15)21/h3-8,10H,9,22H2,1-2H3. The molecule has 0 aliphatic carbocycles. The molecule has 1 amide bonds. The Labute approximate surface area is 164 Å². The lowest BCUT2D eigenvalue weighted by molar-refractivity contribution is -0.117. The number of thiazole rings is 1. The zero-order chi connectivity index (χ0) is 19.6. The zero-order valence-electron chi connectivity index (χ0n) is 14.7. The van der Waals surface area contributed by atoms with Gasteiger partial charge in [-0.15, -0.1) is 0 Å². The summed E-state index contributed by atoms with van der Waals surface area (Å²) in [6, 6.07) is 10.2. The van der Waals surface area contributed by atoms with E-state index in [2.05, 4.69) is 4.98 Å². The topological polar surface area (TPSA) is 59.2 Å². The molecule has 140 valence electrons. The largest absolute Gasteiger partial charge is 0.291 e. The fraction of sp³-hybridized carbons (Fsp3) is 0.158. The molecule has 0 spiro atoms. The highest BCUT2D eigenvalue weighted by molar-refractivity contribution is 7.99. The number of hydrogen-bond donors (Lipinski definition) is 1. The molecule has 0 radical (unpaired) electrons. The van der Waals surface area contributed by atoms with Crippen LogP contribution in [0.15, 0.2) is 46.7 Å². The lowest BCUT2D eigenvalue weighted by atomic mass is 10.0. The van der Waals surface area contributed by atoms with Gasteiger partial charge in [0.25, 0.3) is 0 Å². The highest BCUT2D eigenvalue weighted by Gasteiger charge is 2.17. The highest BCUT2D eigenvalue weighted by Crippen LogP contribution is 2.31. The molecule has 0 atom stereocenters. The van der Waals surface area contributed by atoms with E-state index in [-0.39, 0.29) is 17.9 Å². The van der Waals surface area contributed by atoms with Crippen LogP contribution in [0.5, 0.6) is 0 Å². The zero-order valence-corrected chi connectivity index (χ0v) is 16.3. The van der Waals surface area contributed by atoms with E-state index in [0.29, 0.717) is 10.7 Å². The first-order valence-electron chi connectivity index (χ1n) is 8.04. The molecule has 1 heterocycles. The number of nitrogens with two attached hydrogens (primary N) is 1. The maximum absolute atomic E-state index is 13.9. The predicted molar refractivity (Wildman–Crippen MR) is 106 cm³/mol. The van der Waals surface area contributed by atoms with Gasteiger partial charge in [-0.25, -0.2) is 13.8 Å². The average Bonchev–Trinajstić information content (AvgIpc) is 3.04. The number of carbonyl (C=O) groups excluding carboxylic acids is 1. The summed E-state index contributed by atoms with van der Waals surface area (Å²) in [6.45, 7) is 1.85. The summed E-state index contributed by atoms with van der Waals surface area (Å²) < 4.78 is 28.1. The van der Waals surface area contributed by atoms with Crippen molar-refractivity contribution in [3.8, 4) is 11.1 Å². The van der Waals surface area contributed by atoms with Crippen LogP contribution >= 0.6 is 23.3 Å². The summed E-state index contributed by atoms with van der Waals surface area (Å²) in [5.74, 6) is -1.12. The van der Waals surface area contributed by atoms with Crippen LogP contribution in [0, 0.1) is 18.6 Å². The Kier molecular flexibility index (Phi) is 5.88. The molecule has 0 aliphatic rings. The molecule has 0 unspecified atom stereocenters. The molecule has 0 saturated carbocycles. The normalized spacial score (nSPS) is 10.9. The van der Waals surface area contributed by atoms with Gasteiger partial charge in [-0.1, -0.05) is 35.6 Å². The van der Waals surface area contributed by atoms with E-state index in [0.717, 1.165) is 45.6 Å². The number of nitrogens with zero attached hydrogens (tertiary/aromatic N) is 2. The van der Waals surface area contributed by atoms with Crippen LogP contribution in [0.2, 0.25) is 0 Å². The number of halogens is 2. The number of likely N-dealkylation sites (N-methyl/N-ethyl adjacent to an activating group) is 1. The molecule has 8 heteroatoms. The lowest BCUT2D eigenvalue weighted by Gasteiger charge is -2.14. The van der Waals surface area contributed by atoms with Crippen molar-refractivity contribution in [3.63, 3.8) is 0 Å². The van der Waals surface area contributed by atoms with Gasteiger partial charge < -0.3 is 0 Å². The Balaban J connectivity index is 1.74. The van der Waals surface area contributed by atoms with Crippen molar-refractivity contribution in [2.45, 2.75) is 17.6 Å². The minimum Gasteiger partial charge on any atom is -0.291 e. The first kappa shape index (κ1) is 19.5. The van der Waals surface area contributed by atoms with Crippen molar-refractivity contribution >= 4 is 34.3 Å². The minimum absolute atomic E-state index is 0.123. The van der Waals surface area contributed by atoms with Crippen molar-refractivity contribution in [1.29, 1.82) is 0 Å². The van der Waals surface area contributed by atoms with Crippen molar-refractivity contribution < 1.29 is 13.6 Å². The molecule has 2 N–H and O–H groups in total. The molecule has 3 aromatic rings. The van der Waals surface area contributed by atoms with Crippen molar-refractivity contribution in [3.05, 3.63) is 65.4 Å². The number of benzene rings is 2. The molecule has 1 aromatic heterocycles. The van der Waals surface area contributed by atoms with Crippen molar-refractivity contribution in [2.75, 3.05) is 11.9 Å². The second-order valence-corrected chi connectivity index (χ2v) is 7.82. The van der Waals surface area contributed by atoms with E-state index in [1.54, 1.807) is 31.3 Å². The van der Waals surface area contributed by atoms with Crippen LogP contribution in [0.1, 0.15) is 11.3 Å². The number of carbonyl (C=O) groups is 1. The monoisotopic (exact) mass is 405 g/mol. The summed E-state index contributed by atoms with van der Waals surface area (Å²) in [5, 5.41) is 6.17. The minimum atomic E-state index is -0.499. The van der Waals surface area contributed by atoms with Crippen LogP contribution in [0.4, 0.5) is 13.9 Å². The number of anilines is 1. The number of rotatable bonds is 5. The molecule has 4 nitrogen and oxygen atoms in total. The molecular weight excluding hydrogens is 388 g/mol. The van der Waals surface area contributed by atoms with Gasteiger partial charge in [-0.3, -0.25) is 14.8 Å². The lowest BCUT2D eigenvalue weighted by Crippen LogP contribution is -2.27. The molecule has 0 fully saturated rings. The smallest absolute Gasteiger partial charge is 0.232 e. The van der Waals surface area contributed by atoms with Gasteiger partial charge in [0.2, 0.25) is 5.91 Å². The fourth-order valence-electron chi connectivity index (χ4n) is 2.54. The molecular formula is C19H17F2N3OS2. The Hall–Kier alpha value is -2.29. The number of aromatic nitrogens is 1. The third kappa shape index (κ3) is 4.35. The maximum atomic E-state index is 13.9. The van der Waals surface area contributed by atoms with Crippen LogP contribution < -0.4 is 10.0 Å². The van der Waals surface area contributed by atoms with Gasteiger partial charge >= 0.3 is 0 Å². The van der Waals surface area contributed by atoms with Crippen molar-refractivity contribution in [1.82, 2.24) is 4.98 Å². The second-order valence-electron chi connectivity index (χ2n) is 5.94. The molecule has 0 saturated heterocycles. The van der Waals surface area contributed by atoms with Gasteiger partial charge in [0.1, 0.15) is 11.6 Å². The number of hydrogen-bond acceptors (Lipinski definition) is 5. The van der Waals surface area contributed by atoms with E-state index < -0.39 is 11.6 Å².